The average Bonchev–Trinajstić information content (AvgIpc) is 3.13. The minimum absolute atomic E-state index is 0.0110. The Morgan fingerprint density at radius 3 is 2.34 bits per heavy atom. The highest BCUT2D eigenvalue weighted by Gasteiger charge is 2.44. The van der Waals surface area contributed by atoms with E-state index in [1.165, 1.54) is 28.4 Å². The third-order valence-electron chi connectivity index (χ3n) is 5.54. The topological polar surface area (TPSA) is 37.4 Å². The van der Waals surface area contributed by atoms with Gasteiger partial charge in [0.1, 0.15) is 0 Å². The molecule has 4 rings (SSSR count). The number of halogens is 3. The van der Waals surface area contributed by atoms with Gasteiger partial charge in [-0.15, -0.1) is 0 Å². The molecule has 0 saturated heterocycles. The quantitative estimate of drug-likeness (QED) is 0.605. The van der Waals surface area contributed by atoms with Crippen LogP contribution in [0.1, 0.15) is 50.2 Å². The molecule has 7 heteroatoms. The van der Waals surface area contributed by atoms with Crippen LogP contribution in [-0.2, 0) is 15.8 Å². The Morgan fingerprint density at radius 2 is 1.76 bits per heavy atom. The number of anilines is 1. The number of carbonyl (C=O) groups excluding carboxylic acids is 2. The van der Waals surface area contributed by atoms with E-state index in [9.17, 15) is 22.8 Å². The fourth-order valence-electron chi connectivity index (χ4n) is 4.27. The summed E-state index contributed by atoms with van der Waals surface area (Å²) in [6, 6.07) is 6.49. The van der Waals surface area contributed by atoms with E-state index in [1.807, 2.05) is 30.7 Å². The maximum atomic E-state index is 13.1. The summed E-state index contributed by atoms with van der Waals surface area (Å²) >= 11 is 1.51. The molecule has 0 spiro atoms. The van der Waals surface area contributed by atoms with E-state index in [1.54, 1.807) is 0 Å². The van der Waals surface area contributed by atoms with Crippen LogP contribution < -0.4 is 4.90 Å². The summed E-state index contributed by atoms with van der Waals surface area (Å²) in [5.74, 6) is -0.486. The molecule has 29 heavy (non-hydrogen) atoms. The van der Waals surface area contributed by atoms with Gasteiger partial charge in [0.15, 0.2) is 5.78 Å². The molecule has 2 aromatic rings. The molecule has 0 N–H and O–H groups in total. The lowest BCUT2D eigenvalue weighted by atomic mass is 9.69. The summed E-state index contributed by atoms with van der Waals surface area (Å²) in [6.45, 7) is 3.94. The summed E-state index contributed by atoms with van der Waals surface area (Å²) in [7, 11) is 0. The van der Waals surface area contributed by atoms with Gasteiger partial charge in [-0.05, 0) is 58.5 Å². The second-order valence-electron chi connectivity index (χ2n) is 8.39. The molecule has 3 nitrogen and oxygen atoms in total. The van der Waals surface area contributed by atoms with Gasteiger partial charge < -0.3 is 0 Å². The molecule has 2 aliphatic rings. The first kappa shape index (κ1) is 19.9. The van der Waals surface area contributed by atoms with Crippen molar-refractivity contribution >= 4 is 28.7 Å². The molecule has 1 aromatic heterocycles. The van der Waals surface area contributed by atoms with Crippen LogP contribution >= 0.6 is 11.3 Å². The molecule has 1 aromatic carbocycles. The molecule has 1 atom stereocenters. The predicted molar refractivity (Wildman–Crippen MR) is 106 cm³/mol. The van der Waals surface area contributed by atoms with Crippen LogP contribution in [0.3, 0.4) is 0 Å². The van der Waals surface area contributed by atoms with E-state index in [2.05, 4.69) is 0 Å². The lowest BCUT2D eigenvalue weighted by Crippen LogP contribution is -2.43. The minimum Gasteiger partial charge on any atom is -0.294 e. The van der Waals surface area contributed by atoms with Crippen LogP contribution in [0.25, 0.3) is 0 Å². The van der Waals surface area contributed by atoms with Crippen molar-refractivity contribution in [2.24, 2.45) is 5.41 Å². The zero-order valence-corrected chi connectivity index (χ0v) is 16.9. The Bertz CT molecular complexity index is 988. The van der Waals surface area contributed by atoms with Crippen molar-refractivity contribution in [1.82, 2.24) is 0 Å². The molecule has 0 radical (unpaired) electrons. The molecule has 0 fully saturated rings. The molecule has 1 amide bonds. The number of alkyl halides is 3. The second kappa shape index (κ2) is 6.83. The van der Waals surface area contributed by atoms with Crippen molar-refractivity contribution in [2.75, 3.05) is 4.90 Å². The first-order valence-electron chi connectivity index (χ1n) is 9.35. The van der Waals surface area contributed by atoms with E-state index >= 15 is 0 Å². The van der Waals surface area contributed by atoms with E-state index in [-0.39, 0.29) is 29.4 Å². The van der Waals surface area contributed by atoms with Crippen LogP contribution in [-0.4, -0.2) is 11.7 Å². The van der Waals surface area contributed by atoms with Crippen LogP contribution in [0, 0.1) is 5.41 Å². The summed E-state index contributed by atoms with van der Waals surface area (Å²) in [5.41, 5.74) is 1.47. The number of benzene rings is 1. The molecular formula is C22H20F3NO2S. The number of amides is 1. The number of Topliss-reactive ketones (excluding diaryl/α,β-unsaturated/α-hetero) is 1. The van der Waals surface area contributed by atoms with Gasteiger partial charge in [-0.1, -0.05) is 13.8 Å². The maximum absolute atomic E-state index is 13.1. The van der Waals surface area contributed by atoms with Crippen molar-refractivity contribution in [3.8, 4) is 0 Å². The number of rotatable bonds is 2. The van der Waals surface area contributed by atoms with Gasteiger partial charge in [-0.3, -0.25) is 14.5 Å². The molecule has 1 unspecified atom stereocenters. The number of hydrogen-bond acceptors (Lipinski definition) is 3. The number of thiophene rings is 1. The number of allylic oxidation sites excluding steroid dienone is 2. The summed E-state index contributed by atoms with van der Waals surface area (Å²) in [4.78, 5) is 27.6. The summed E-state index contributed by atoms with van der Waals surface area (Å²) < 4.78 is 38.8. The minimum atomic E-state index is -4.44. The van der Waals surface area contributed by atoms with Gasteiger partial charge in [-0.2, -0.15) is 24.5 Å². The van der Waals surface area contributed by atoms with Gasteiger partial charge >= 0.3 is 6.18 Å². The average molecular weight is 419 g/mol. The molecule has 0 bridgehead atoms. The zero-order chi connectivity index (χ0) is 21.0. The van der Waals surface area contributed by atoms with Crippen LogP contribution in [0.15, 0.2) is 52.4 Å². The monoisotopic (exact) mass is 419 g/mol. The van der Waals surface area contributed by atoms with Crippen LogP contribution in [0.4, 0.5) is 18.9 Å². The van der Waals surface area contributed by atoms with E-state index in [0.29, 0.717) is 29.8 Å². The van der Waals surface area contributed by atoms with Crippen molar-refractivity contribution in [3.63, 3.8) is 0 Å². The molecule has 152 valence electrons. The molecule has 1 aliphatic carbocycles. The third kappa shape index (κ3) is 3.64. The molecule has 1 aliphatic heterocycles. The summed E-state index contributed by atoms with van der Waals surface area (Å²) in [5, 5.41) is 3.86. The largest absolute Gasteiger partial charge is 0.416 e. The Balaban J connectivity index is 1.84. The SMILES string of the molecule is CC1(C)CC(=O)C2=C(C1)N(c1ccc(C(F)(F)F)cc1)C(=O)CC2c1ccsc1. The van der Waals surface area contributed by atoms with Crippen LogP contribution in [0.5, 0.6) is 0 Å². The first-order valence-corrected chi connectivity index (χ1v) is 10.3. The van der Waals surface area contributed by atoms with Crippen molar-refractivity contribution < 1.29 is 22.8 Å². The number of hydrogen-bond donors (Lipinski definition) is 0. The number of ketones is 1. The van der Waals surface area contributed by atoms with Crippen molar-refractivity contribution in [2.45, 2.75) is 45.2 Å². The molecular weight excluding hydrogens is 399 g/mol. The Hall–Kier alpha value is -2.41. The second-order valence-corrected chi connectivity index (χ2v) is 9.17. The molecule has 2 heterocycles. The summed E-state index contributed by atoms with van der Waals surface area (Å²) in [6.07, 6.45) is -3.41. The predicted octanol–water partition coefficient (Wildman–Crippen LogP) is 5.93. The number of carbonyl (C=O) groups is 2. The lowest BCUT2D eigenvalue weighted by molar-refractivity contribution is -0.137. The van der Waals surface area contributed by atoms with E-state index in [0.717, 1.165) is 17.7 Å². The van der Waals surface area contributed by atoms with Crippen LogP contribution in [0.2, 0.25) is 0 Å². The smallest absolute Gasteiger partial charge is 0.294 e. The van der Waals surface area contributed by atoms with Crippen molar-refractivity contribution in [3.05, 3.63) is 63.5 Å². The van der Waals surface area contributed by atoms with Crippen molar-refractivity contribution in [1.29, 1.82) is 0 Å². The molecule has 0 saturated carbocycles. The van der Waals surface area contributed by atoms with Gasteiger partial charge in [0.2, 0.25) is 5.91 Å². The highest BCUT2D eigenvalue weighted by atomic mass is 32.1. The first-order chi connectivity index (χ1) is 13.6. The Kier molecular flexibility index (Phi) is 4.69. The third-order valence-corrected chi connectivity index (χ3v) is 6.24. The van der Waals surface area contributed by atoms with E-state index < -0.39 is 11.7 Å². The van der Waals surface area contributed by atoms with Gasteiger partial charge in [0, 0.05) is 35.7 Å². The zero-order valence-electron chi connectivity index (χ0n) is 16.0. The maximum Gasteiger partial charge on any atom is 0.416 e. The lowest BCUT2D eigenvalue weighted by Gasteiger charge is -2.42. The Morgan fingerprint density at radius 1 is 1.07 bits per heavy atom. The highest BCUT2D eigenvalue weighted by Crippen LogP contribution is 2.48. The van der Waals surface area contributed by atoms with Gasteiger partial charge in [0.05, 0.1) is 5.56 Å². The normalized spacial score (nSPS) is 22.1. The highest BCUT2D eigenvalue weighted by molar-refractivity contribution is 7.08. The fraction of sp³-hybridized carbons (Fsp3) is 0.364. The van der Waals surface area contributed by atoms with Gasteiger partial charge in [0.25, 0.3) is 0 Å². The standard InChI is InChI=1S/C22H20F3NO2S/c1-21(2)10-17-20(18(27)11-21)16(13-7-8-29-12-13)9-19(28)26(17)15-5-3-14(4-6-15)22(23,24)25/h3-8,12,16H,9-11H2,1-2H3. The van der Waals surface area contributed by atoms with Gasteiger partial charge in [-0.25, -0.2) is 0 Å². The fourth-order valence-corrected chi connectivity index (χ4v) is 4.99. The Labute approximate surface area is 170 Å². The van der Waals surface area contributed by atoms with E-state index in [4.69, 9.17) is 0 Å². The number of nitrogens with zero attached hydrogens (tertiary/aromatic N) is 1.